The summed E-state index contributed by atoms with van der Waals surface area (Å²) in [4.78, 5) is 0. The van der Waals surface area contributed by atoms with Gasteiger partial charge in [-0.1, -0.05) is 0 Å². The summed E-state index contributed by atoms with van der Waals surface area (Å²) in [6.07, 6.45) is 0. The van der Waals surface area contributed by atoms with Crippen LogP contribution in [0, 0.1) is 0 Å². The second-order valence-electron chi connectivity index (χ2n) is 0.238. The summed E-state index contributed by atoms with van der Waals surface area (Å²) in [6, 6.07) is 0. The first-order valence-corrected chi connectivity index (χ1v) is 2.33. The molecule has 0 heterocycles. The van der Waals surface area contributed by atoms with E-state index in [2.05, 4.69) is 0 Å². The molecule has 0 unspecified atom stereocenters. The molecular weight excluding hydrogens is 294 g/mol. The number of hydrogen-bond acceptors (Lipinski definition) is 2. The summed E-state index contributed by atoms with van der Waals surface area (Å²) < 4.78 is 24.4. The molecule has 0 amide bonds. The van der Waals surface area contributed by atoms with Gasteiger partial charge in [0.15, 0.2) is 0 Å². The van der Waals surface area contributed by atoms with Gasteiger partial charge < -0.3 is 0 Å². The molecule has 0 aliphatic rings. The van der Waals surface area contributed by atoms with Gasteiger partial charge in [0.25, 0.3) is 0 Å². The minimum Gasteiger partial charge on any atom is 0 e. The molecule has 0 aromatic rings. The molecule has 0 spiro atoms. The van der Waals surface area contributed by atoms with E-state index in [9.17, 15) is 0 Å². The van der Waals surface area contributed by atoms with Crippen molar-refractivity contribution >= 4 is 0 Å². The fraction of sp³-hybridized carbons (Fsp3) is 0. The van der Waals surface area contributed by atoms with Gasteiger partial charge in [0, 0.05) is 21.1 Å². The van der Waals surface area contributed by atoms with Crippen molar-refractivity contribution in [1.82, 2.24) is 0 Å². The first kappa shape index (κ1) is 9.27. The van der Waals surface area contributed by atoms with Crippen LogP contribution in [0.1, 0.15) is 0 Å². The Morgan fingerprint density at radius 1 is 1.40 bits per heavy atom. The zero-order valence-electron chi connectivity index (χ0n) is 2.03. The monoisotopic (exact) mass is 295 g/mol. The average molecular weight is 295 g/mol. The second-order valence-corrected chi connectivity index (χ2v) is 0.981. The van der Waals surface area contributed by atoms with Crippen LogP contribution >= 0.6 is 0 Å². The first-order chi connectivity index (χ1) is 1.73. The normalized spacial score (nSPS) is 5.00. The van der Waals surface area contributed by atoms with Crippen LogP contribution in [-0.4, -0.2) is 4.03 Å². The maximum atomic E-state index is 8.67. The van der Waals surface area contributed by atoms with E-state index in [-0.39, 0.29) is 21.1 Å². The summed E-state index contributed by atoms with van der Waals surface area (Å²) in [7, 11) is 0. The van der Waals surface area contributed by atoms with Gasteiger partial charge in [-0.3, -0.25) is 0 Å². The molecule has 0 atom stereocenters. The molecule has 5 heteroatoms. The van der Waals surface area contributed by atoms with Crippen molar-refractivity contribution in [3.8, 4) is 0 Å². The zero-order valence-corrected chi connectivity index (χ0v) is 5.70. The van der Waals surface area contributed by atoms with Crippen molar-refractivity contribution < 1.29 is 47.8 Å². The Bertz CT molecular complexity index is 55.3. The Kier molecular flexibility index (Phi) is 8.96. The molecule has 1 N–H and O–H groups in total. The van der Waals surface area contributed by atoms with Crippen LogP contribution in [0.5, 0.6) is 0 Å². The fourth-order valence-electron chi connectivity index (χ4n) is 0. The number of hydrogen-bond donors (Lipinski definition) is 1. The molecule has 3 nitrogen and oxygen atoms in total. The maximum absolute atomic E-state index is 8.67. The predicted octanol–water partition coefficient (Wildman–Crippen LogP) is -0.800. The molecule has 34 valence electrons. The second kappa shape index (κ2) is 4.83. The minimum atomic E-state index is -3.69. The summed E-state index contributed by atoms with van der Waals surface area (Å²) in [5.41, 5.74) is 0. The van der Waals surface area contributed by atoms with Crippen LogP contribution in [-0.2, 0) is 43.8 Å². The van der Waals surface area contributed by atoms with Crippen LogP contribution in [0.25, 0.3) is 0 Å². The zero-order chi connectivity index (χ0) is 3.58. The smallest absolute Gasteiger partial charge is 0 e. The third-order valence-electron chi connectivity index (χ3n) is 0. The van der Waals surface area contributed by atoms with E-state index in [4.69, 9.17) is 11.4 Å². The molecule has 0 aromatic heterocycles. The Balaban J connectivity index is 0. The van der Waals surface area contributed by atoms with Crippen LogP contribution in [0.3, 0.4) is 0 Å². The van der Waals surface area contributed by atoms with Crippen molar-refractivity contribution in [2.45, 2.75) is 0 Å². The van der Waals surface area contributed by atoms with Crippen LogP contribution in [0.15, 0.2) is 0 Å². The Labute approximate surface area is 48.0 Å². The minimum absolute atomic E-state index is 0. The molecule has 0 fully saturated rings. The van der Waals surface area contributed by atoms with Crippen molar-refractivity contribution in [1.29, 1.82) is 0 Å². The third-order valence-corrected chi connectivity index (χ3v) is 0. The Hall–Kier alpha value is 0.833. The molecule has 0 bridgehead atoms. The van der Waals surface area contributed by atoms with Gasteiger partial charge in [-0.05, 0) is 0 Å². The van der Waals surface area contributed by atoms with Crippen molar-refractivity contribution in [2.24, 2.45) is 0 Å². The maximum Gasteiger partial charge on any atom is 0 e. The van der Waals surface area contributed by atoms with Gasteiger partial charge in [-0.15, -0.1) is 0 Å². The predicted molar refractivity (Wildman–Crippen MR) is 3.59 cm³/mol. The molecule has 0 saturated heterocycles. The largest absolute Gasteiger partial charge is 0 e. The summed E-state index contributed by atoms with van der Waals surface area (Å²) in [5, 5.41) is 0. The Morgan fingerprint density at radius 3 is 1.40 bits per heavy atom. The van der Waals surface area contributed by atoms with Gasteiger partial charge in [-0.25, -0.2) is 0 Å². The van der Waals surface area contributed by atoms with Gasteiger partial charge >= 0.3 is 26.8 Å². The topological polar surface area (TPSA) is 54.4 Å². The van der Waals surface area contributed by atoms with E-state index >= 15 is 0 Å². The van der Waals surface area contributed by atoms with Gasteiger partial charge in [0.1, 0.15) is 0 Å². The summed E-state index contributed by atoms with van der Waals surface area (Å²) in [6.45, 7) is 0. The van der Waals surface area contributed by atoms with E-state index < -0.39 is 15.4 Å². The average Bonchev–Trinajstić information content (AvgIpc) is 0.811. The van der Waals surface area contributed by atoms with Crippen LogP contribution in [0.4, 0.5) is 0 Å². The first-order valence-electron chi connectivity index (χ1n) is 0.565. The molecule has 0 aliphatic heterocycles. The van der Waals surface area contributed by atoms with Crippen molar-refractivity contribution in [3.05, 3.63) is 0 Å². The van der Waals surface area contributed by atoms with E-state index in [1.807, 2.05) is 0 Å². The molecule has 0 aromatic carbocycles. The molecule has 0 radical (unpaired) electrons. The van der Waals surface area contributed by atoms with Gasteiger partial charge in [-0.2, -0.15) is 0 Å². The summed E-state index contributed by atoms with van der Waals surface area (Å²) >= 11 is -3.69. The van der Waals surface area contributed by atoms with Crippen LogP contribution in [0.2, 0.25) is 0 Å². The van der Waals surface area contributed by atoms with Gasteiger partial charge in [0.05, 0.1) is 0 Å². The molecular formula is HO3PtV. The fourth-order valence-corrected chi connectivity index (χ4v) is 0. The molecule has 0 aliphatic carbocycles. The molecule has 5 heavy (non-hydrogen) atoms. The van der Waals surface area contributed by atoms with Crippen molar-refractivity contribution in [2.75, 3.05) is 0 Å². The van der Waals surface area contributed by atoms with Crippen LogP contribution < -0.4 is 0 Å². The van der Waals surface area contributed by atoms with Gasteiger partial charge in [0.2, 0.25) is 0 Å². The number of rotatable bonds is 0. The van der Waals surface area contributed by atoms with E-state index in [1.54, 1.807) is 0 Å². The van der Waals surface area contributed by atoms with E-state index in [0.29, 0.717) is 0 Å². The van der Waals surface area contributed by atoms with E-state index in [0.717, 1.165) is 0 Å². The Morgan fingerprint density at radius 2 is 1.40 bits per heavy atom. The quantitative estimate of drug-likeness (QED) is 0.636. The third kappa shape index (κ3) is 55.9. The van der Waals surface area contributed by atoms with Crippen molar-refractivity contribution in [3.63, 3.8) is 0 Å². The SMILES string of the molecule is [O]=[V](=[O])[OH].[Pt]. The standard InChI is InChI=1S/H2O.2O.Pt.V/h1H2;;;;/q;;;;+1/p-1. The molecule has 0 saturated carbocycles. The summed E-state index contributed by atoms with van der Waals surface area (Å²) in [5.74, 6) is 0. The van der Waals surface area contributed by atoms with E-state index in [1.165, 1.54) is 0 Å². The molecule has 0 rings (SSSR count).